The van der Waals surface area contributed by atoms with Gasteiger partial charge in [-0.05, 0) is 36.4 Å². The Morgan fingerprint density at radius 2 is 1.96 bits per heavy atom. The Kier molecular flexibility index (Phi) is 3.82. The predicted molar refractivity (Wildman–Crippen MR) is 89.4 cm³/mol. The molecule has 0 fully saturated rings. The van der Waals surface area contributed by atoms with Crippen LogP contribution in [0.5, 0.6) is 0 Å². The minimum Gasteiger partial charge on any atom is -0.763 e. The zero-order chi connectivity index (χ0) is 16.2. The van der Waals surface area contributed by atoms with Gasteiger partial charge >= 0.3 is 5.97 Å². The van der Waals surface area contributed by atoms with Crippen molar-refractivity contribution in [2.45, 2.75) is 0 Å². The Labute approximate surface area is 131 Å². The lowest BCUT2D eigenvalue weighted by molar-refractivity contribution is 0.0697. The molecule has 0 unspecified atom stereocenters. The van der Waals surface area contributed by atoms with Crippen molar-refractivity contribution < 1.29 is 9.90 Å². The third-order valence-electron chi connectivity index (χ3n) is 3.22. The van der Waals surface area contributed by atoms with Crippen LogP contribution < -0.4 is 0 Å². The first-order valence-electron chi connectivity index (χ1n) is 6.77. The van der Waals surface area contributed by atoms with Crippen LogP contribution >= 0.6 is 0 Å². The molecule has 3 aromatic rings. The number of allylic oxidation sites excluding steroid dienone is 1. The van der Waals surface area contributed by atoms with E-state index in [1.165, 1.54) is 18.3 Å². The van der Waals surface area contributed by atoms with Crippen LogP contribution in [0.1, 0.15) is 16.2 Å². The van der Waals surface area contributed by atoms with Crippen molar-refractivity contribution in [1.82, 2.24) is 9.97 Å². The van der Waals surface area contributed by atoms with Crippen LogP contribution in [0.15, 0.2) is 53.5 Å². The van der Waals surface area contributed by atoms with Crippen LogP contribution in [-0.2, 0) is 0 Å². The first-order valence-corrected chi connectivity index (χ1v) is 6.77. The predicted octanol–water partition coefficient (Wildman–Crippen LogP) is 3.29. The molecule has 1 heterocycles. The highest BCUT2D eigenvalue weighted by atomic mass is 16.4. The second kappa shape index (κ2) is 6.09. The van der Waals surface area contributed by atoms with Gasteiger partial charge in [0.1, 0.15) is 5.82 Å². The van der Waals surface area contributed by atoms with E-state index in [0.29, 0.717) is 17.1 Å². The summed E-state index contributed by atoms with van der Waals surface area (Å²) in [5, 5.41) is 18.1. The van der Waals surface area contributed by atoms with E-state index < -0.39 is 5.97 Å². The van der Waals surface area contributed by atoms with Crippen LogP contribution in [0.3, 0.4) is 0 Å². The van der Waals surface area contributed by atoms with Gasteiger partial charge in [0.05, 0.1) is 27.9 Å². The van der Waals surface area contributed by atoms with Crippen molar-refractivity contribution in [3.8, 4) is 0 Å². The van der Waals surface area contributed by atoms with Crippen molar-refractivity contribution >= 4 is 40.3 Å². The average molecular weight is 303 g/mol. The number of aromatic carboxylic acids is 1. The van der Waals surface area contributed by atoms with Crippen molar-refractivity contribution in [3.05, 3.63) is 65.3 Å². The smallest absolute Gasteiger partial charge is 0.335 e. The first kappa shape index (κ1) is 14.4. The van der Waals surface area contributed by atoms with Crippen LogP contribution in [0.4, 0.5) is 5.69 Å². The zero-order valence-electron chi connectivity index (χ0n) is 11.9. The molecule has 0 radical (unpaired) electrons. The average Bonchev–Trinajstić information content (AvgIpc) is 2.99. The van der Waals surface area contributed by atoms with Gasteiger partial charge in [0.15, 0.2) is 0 Å². The molecule has 0 aliphatic carbocycles. The van der Waals surface area contributed by atoms with Crippen molar-refractivity contribution in [2.75, 3.05) is 0 Å². The molecule has 23 heavy (non-hydrogen) atoms. The number of nitrogens with zero attached hydrogens (tertiary/aromatic N) is 3. The summed E-state index contributed by atoms with van der Waals surface area (Å²) in [6.45, 7) is 0. The lowest BCUT2D eigenvalue weighted by Crippen LogP contribution is -1.94. The fourth-order valence-electron chi connectivity index (χ4n) is 2.05. The topological polar surface area (TPSA) is 101 Å². The molecular weight excluding hydrogens is 292 g/mol. The number of fused-ring (bicyclic) bond motifs is 1. The van der Waals surface area contributed by atoms with Crippen LogP contribution in [0.2, 0.25) is 0 Å². The van der Waals surface area contributed by atoms with Crippen LogP contribution in [-0.4, -0.2) is 33.1 Å². The normalized spacial score (nSPS) is 10.8. The fraction of sp³-hybridized carbons (Fsp3) is 0. The van der Waals surface area contributed by atoms with Gasteiger partial charge in [-0.15, -0.1) is 0 Å². The van der Waals surface area contributed by atoms with Gasteiger partial charge < -0.3 is 15.5 Å². The monoisotopic (exact) mass is 303 g/mol. The Bertz CT molecular complexity index is 915. The summed E-state index contributed by atoms with van der Waals surface area (Å²) in [6.07, 6.45) is 1.41. The third kappa shape index (κ3) is 3.07. The van der Waals surface area contributed by atoms with Gasteiger partial charge in [-0.25, -0.2) is 9.78 Å². The Morgan fingerprint density at radius 3 is 2.61 bits per heavy atom. The number of aromatic nitrogens is 2. The van der Waals surface area contributed by atoms with Crippen molar-refractivity contribution in [3.63, 3.8) is 0 Å². The van der Waals surface area contributed by atoms with E-state index in [-0.39, 0.29) is 5.56 Å². The van der Waals surface area contributed by atoms with E-state index in [0.717, 1.165) is 11.0 Å². The SMILES string of the molecule is [N-]=C=C(C=Nc1ccc(C(=O)O)cc1)c1nc2ccccc2[nH]1. The van der Waals surface area contributed by atoms with E-state index in [2.05, 4.69) is 20.8 Å². The number of para-hydroxylation sites is 2. The molecule has 6 heteroatoms. The number of nitrogens with one attached hydrogen (secondary N) is 1. The zero-order valence-corrected chi connectivity index (χ0v) is 11.9. The van der Waals surface area contributed by atoms with Crippen molar-refractivity contribution in [2.24, 2.45) is 4.99 Å². The summed E-state index contributed by atoms with van der Waals surface area (Å²) in [6, 6.07) is 13.6. The van der Waals surface area contributed by atoms with E-state index in [9.17, 15) is 10.2 Å². The lowest BCUT2D eigenvalue weighted by Gasteiger charge is -1.97. The maximum atomic E-state index is 10.8. The molecule has 0 atom stereocenters. The van der Waals surface area contributed by atoms with Gasteiger partial charge in [0, 0.05) is 6.21 Å². The summed E-state index contributed by atoms with van der Waals surface area (Å²) in [7, 11) is 0. The van der Waals surface area contributed by atoms with Gasteiger partial charge in [-0.3, -0.25) is 10.9 Å². The molecule has 2 N–H and O–H groups in total. The minimum atomic E-state index is -0.993. The van der Waals surface area contributed by atoms with Gasteiger partial charge in [-0.2, -0.15) is 0 Å². The maximum Gasteiger partial charge on any atom is 0.335 e. The number of imidazole rings is 1. The number of aromatic amines is 1. The summed E-state index contributed by atoms with van der Waals surface area (Å²) < 4.78 is 0. The van der Waals surface area contributed by atoms with Gasteiger partial charge in [0.25, 0.3) is 0 Å². The van der Waals surface area contributed by atoms with E-state index in [1.807, 2.05) is 24.3 Å². The van der Waals surface area contributed by atoms with E-state index >= 15 is 0 Å². The number of hydrogen-bond acceptors (Lipinski definition) is 3. The third-order valence-corrected chi connectivity index (χ3v) is 3.22. The van der Waals surface area contributed by atoms with Gasteiger partial charge in [0.2, 0.25) is 0 Å². The van der Waals surface area contributed by atoms with Crippen molar-refractivity contribution in [1.29, 1.82) is 0 Å². The van der Waals surface area contributed by atoms with Gasteiger partial charge in [-0.1, -0.05) is 12.1 Å². The maximum absolute atomic E-state index is 10.8. The molecule has 112 valence electrons. The molecule has 3 rings (SSSR count). The number of benzene rings is 2. The molecule has 0 spiro atoms. The molecule has 1 aromatic heterocycles. The minimum absolute atomic E-state index is 0.186. The molecule has 0 aliphatic heterocycles. The van der Waals surface area contributed by atoms with Crippen LogP contribution in [0.25, 0.3) is 22.0 Å². The lowest BCUT2D eigenvalue weighted by atomic mass is 10.2. The van der Waals surface area contributed by atoms with E-state index in [1.54, 1.807) is 12.1 Å². The Balaban J connectivity index is 1.87. The molecule has 0 amide bonds. The summed E-state index contributed by atoms with van der Waals surface area (Å²) in [5.41, 5.74) is 2.65. The number of carboxylic acid groups (broad SMARTS) is 1. The highest BCUT2D eigenvalue weighted by Crippen LogP contribution is 2.17. The fourth-order valence-corrected chi connectivity index (χ4v) is 2.05. The Morgan fingerprint density at radius 1 is 1.22 bits per heavy atom. The molecule has 0 bridgehead atoms. The van der Waals surface area contributed by atoms with E-state index in [4.69, 9.17) is 5.11 Å². The molecular formula is C17H11N4O2-. The standard InChI is InChI=1S/C17H11N4O2/c18-9-12(16-20-14-3-1-2-4-15(14)21-16)10-19-13-7-5-11(6-8-13)17(22)23/h1-8,10H,(H,20,21)(H,22,23)/q-1. The Hall–Kier alpha value is -3.50. The second-order valence-electron chi connectivity index (χ2n) is 4.74. The highest BCUT2D eigenvalue weighted by molar-refractivity contribution is 6.21. The quantitative estimate of drug-likeness (QED) is 0.723. The molecule has 0 aliphatic rings. The molecule has 2 aromatic carbocycles. The molecule has 6 nitrogen and oxygen atoms in total. The number of rotatable bonds is 4. The highest BCUT2D eigenvalue weighted by Gasteiger charge is 2.05. The summed E-state index contributed by atoms with van der Waals surface area (Å²) >= 11 is 0. The van der Waals surface area contributed by atoms with Crippen LogP contribution in [0, 0.1) is 0 Å². The summed E-state index contributed by atoms with van der Waals surface area (Å²) in [5.74, 6) is 1.51. The molecule has 0 saturated carbocycles. The number of carboxylic acids is 1. The number of carbonyl (C=O) groups is 1. The second-order valence-corrected chi connectivity index (χ2v) is 4.74. The largest absolute Gasteiger partial charge is 0.763 e. The first-order chi connectivity index (χ1) is 11.2. The number of hydrogen-bond donors (Lipinski definition) is 2. The number of H-pyrrole nitrogens is 1. The summed E-state index contributed by atoms with van der Waals surface area (Å²) in [4.78, 5) is 22.4. The molecule has 0 saturated heterocycles. The number of aliphatic imine (C=N–C) groups is 1.